The van der Waals surface area contributed by atoms with E-state index in [0.29, 0.717) is 11.3 Å². The van der Waals surface area contributed by atoms with Crippen LogP contribution in [0.4, 0.5) is 13.2 Å². The maximum absolute atomic E-state index is 12.6. The van der Waals surface area contributed by atoms with Gasteiger partial charge in [-0.15, -0.1) is 0 Å². The number of nitrogens with one attached hydrogen (secondary N) is 1. The van der Waals surface area contributed by atoms with Crippen LogP contribution in [0.5, 0.6) is 5.75 Å². The molecule has 7 heteroatoms. The van der Waals surface area contributed by atoms with Gasteiger partial charge < -0.3 is 9.72 Å². The summed E-state index contributed by atoms with van der Waals surface area (Å²) in [5.74, 6) is -0.720. The lowest BCUT2D eigenvalue weighted by molar-refractivity contribution is -0.145. The van der Waals surface area contributed by atoms with Gasteiger partial charge in [-0.2, -0.15) is 13.2 Å². The van der Waals surface area contributed by atoms with Crippen LogP contribution in [-0.2, 0) is 6.18 Å². The topological polar surface area (TPSA) is 55.0 Å². The summed E-state index contributed by atoms with van der Waals surface area (Å²) in [4.78, 5) is 16.4. The Kier molecular flexibility index (Phi) is 4.02. The maximum Gasteiger partial charge on any atom is 0.449 e. The van der Waals surface area contributed by atoms with E-state index in [0.717, 1.165) is 6.07 Å². The second kappa shape index (κ2) is 5.59. The predicted molar refractivity (Wildman–Crippen MR) is 71.1 cm³/mol. The summed E-state index contributed by atoms with van der Waals surface area (Å²) in [6.07, 6.45) is -4.71. The number of aromatic amines is 1. The van der Waals surface area contributed by atoms with Crippen LogP contribution in [-0.4, -0.2) is 16.1 Å². The van der Waals surface area contributed by atoms with Gasteiger partial charge in [-0.05, 0) is 38.1 Å². The van der Waals surface area contributed by atoms with Gasteiger partial charge in [-0.3, -0.25) is 4.79 Å². The van der Waals surface area contributed by atoms with Gasteiger partial charge in [0, 0.05) is 11.6 Å². The number of alkyl halides is 3. The van der Waals surface area contributed by atoms with E-state index in [9.17, 15) is 18.0 Å². The molecule has 0 saturated carbocycles. The standard InChI is InChI=1S/C14H13F3N2O2/c1-8(2)21-10-5-3-9(4-6-10)11-7-12(20)19-13(18-11)14(15,16)17/h3-8H,1-2H3,(H,18,19,20). The molecule has 0 aliphatic rings. The molecular weight excluding hydrogens is 285 g/mol. The zero-order chi connectivity index (χ0) is 15.6. The lowest BCUT2D eigenvalue weighted by Gasteiger charge is -2.10. The van der Waals surface area contributed by atoms with Crippen LogP contribution in [0.3, 0.4) is 0 Å². The molecule has 0 saturated heterocycles. The van der Waals surface area contributed by atoms with Gasteiger partial charge in [-0.25, -0.2) is 4.98 Å². The van der Waals surface area contributed by atoms with Crippen molar-refractivity contribution in [1.29, 1.82) is 0 Å². The van der Waals surface area contributed by atoms with Crippen molar-refractivity contribution >= 4 is 0 Å². The molecule has 0 atom stereocenters. The largest absolute Gasteiger partial charge is 0.491 e. The number of rotatable bonds is 3. The highest BCUT2D eigenvalue weighted by Gasteiger charge is 2.34. The van der Waals surface area contributed by atoms with E-state index >= 15 is 0 Å². The van der Waals surface area contributed by atoms with Gasteiger partial charge in [0.1, 0.15) is 5.75 Å². The first-order chi connectivity index (χ1) is 9.75. The summed E-state index contributed by atoms with van der Waals surface area (Å²) < 4.78 is 43.3. The summed E-state index contributed by atoms with van der Waals surface area (Å²) >= 11 is 0. The molecule has 1 heterocycles. The molecule has 2 rings (SSSR count). The minimum Gasteiger partial charge on any atom is -0.491 e. The molecule has 0 unspecified atom stereocenters. The van der Waals surface area contributed by atoms with Gasteiger partial charge in [0.2, 0.25) is 5.82 Å². The number of H-pyrrole nitrogens is 1. The van der Waals surface area contributed by atoms with Crippen molar-refractivity contribution in [3.63, 3.8) is 0 Å². The van der Waals surface area contributed by atoms with Crippen LogP contribution in [0.15, 0.2) is 35.1 Å². The van der Waals surface area contributed by atoms with Gasteiger partial charge in [0.05, 0.1) is 11.8 Å². The summed E-state index contributed by atoms with van der Waals surface area (Å²) in [5, 5.41) is 0. The molecule has 0 aliphatic carbocycles. The number of halogens is 3. The van der Waals surface area contributed by atoms with Gasteiger partial charge in [0.15, 0.2) is 0 Å². The predicted octanol–water partition coefficient (Wildman–Crippen LogP) is 3.24. The molecule has 1 N–H and O–H groups in total. The van der Waals surface area contributed by atoms with Crippen molar-refractivity contribution in [2.24, 2.45) is 0 Å². The number of hydrogen-bond donors (Lipinski definition) is 1. The number of ether oxygens (including phenoxy) is 1. The summed E-state index contributed by atoms with van der Waals surface area (Å²) in [6.45, 7) is 3.73. The quantitative estimate of drug-likeness (QED) is 0.946. The first-order valence-electron chi connectivity index (χ1n) is 6.21. The Labute approximate surface area is 118 Å². The van der Waals surface area contributed by atoms with Crippen molar-refractivity contribution in [2.45, 2.75) is 26.1 Å². The Bertz CT molecular complexity index is 676. The molecule has 0 aliphatic heterocycles. The average Bonchev–Trinajstić information content (AvgIpc) is 2.37. The zero-order valence-corrected chi connectivity index (χ0v) is 11.4. The second-order valence-corrected chi connectivity index (χ2v) is 4.67. The highest BCUT2D eigenvalue weighted by molar-refractivity contribution is 5.59. The third kappa shape index (κ3) is 3.84. The maximum atomic E-state index is 12.6. The molecule has 112 valence electrons. The third-order valence-corrected chi connectivity index (χ3v) is 2.53. The van der Waals surface area contributed by atoms with E-state index < -0.39 is 17.6 Å². The lowest BCUT2D eigenvalue weighted by Crippen LogP contribution is -2.18. The van der Waals surface area contributed by atoms with Gasteiger partial charge >= 0.3 is 6.18 Å². The van der Waals surface area contributed by atoms with E-state index in [-0.39, 0.29) is 11.8 Å². The van der Waals surface area contributed by atoms with Gasteiger partial charge in [-0.1, -0.05) is 0 Å². The first kappa shape index (κ1) is 15.1. The fraction of sp³-hybridized carbons (Fsp3) is 0.286. The lowest BCUT2D eigenvalue weighted by atomic mass is 10.1. The minimum absolute atomic E-state index is 0.00891. The normalized spacial score (nSPS) is 11.7. The van der Waals surface area contributed by atoms with Crippen LogP contribution < -0.4 is 10.3 Å². The molecule has 0 spiro atoms. The van der Waals surface area contributed by atoms with E-state index in [4.69, 9.17) is 4.74 Å². The Morgan fingerprint density at radius 2 is 1.81 bits per heavy atom. The van der Waals surface area contributed by atoms with Crippen molar-refractivity contribution in [1.82, 2.24) is 9.97 Å². The Balaban J connectivity index is 2.38. The minimum atomic E-state index is -4.70. The van der Waals surface area contributed by atoms with Crippen LogP contribution in [0.2, 0.25) is 0 Å². The molecule has 1 aromatic carbocycles. The van der Waals surface area contributed by atoms with Crippen LogP contribution >= 0.6 is 0 Å². The highest BCUT2D eigenvalue weighted by Crippen LogP contribution is 2.27. The molecule has 2 aromatic rings. The summed E-state index contributed by atoms with van der Waals surface area (Å²) in [5.41, 5.74) is -0.486. The Morgan fingerprint density at radius 1 is 1.19 bits per heavy atom. The number of benzene rings is 1. The molecule has 0 radical (unpaired) electrons. The van der Waals surface area contributed by atoms with Gasteiger partial charge in [0.25, 0.3) is 5.56 Å². The van der Waals surface area contributed by atoms with Crippen LogP contribution in [0.25, 0.3) is 11.3 Å². The average molecular weight is 298 g/mol. The van der Waals surface area contributed by atoms with E-state index in [1.807, 2.05) is 13.8 Å². The third-order valence-electron chi connectivity index (χ3n) is 2.53. The van der Waals surface area contributed by atoms with Crippen molar-refractivity contribution in [3.8, 4) is 17.0 Å². The number of aromatic nitrogens is 2. The molecule has 0 fully saturated rings. The van der Waals surface area contributed by atoms with Crippen LogP contribution in [0, 0.1) is 0 Å². The first-order valence-corrected chi connectivity index (χ1v) is 6.21. The Morgan fingerprint density at radius 3 is 2.33 bits per heavy atom. The van der Waals surface area contributed by atoms with E-state index in [1.54, 1.807) is 29.2 Å². The molecule has 0 amide bonds. The number of hydrogen-bond acceptors (Lipinski definition) is 3. The highest BCUT2D eigenvalue weighted by atomic mass is 19.4. The van der Waals surface area contributed by atoms with Crippen LogP contribution in [0.1, 0.15) is 19.7 Å². The summed E-state index contributed by atoms with van der Waals surface area (Å²) in [6, 6.07) is 7.36. The smallest absolute Gasteiger partial charge is 0.449 e. The monoisotopic (exact) mass is 298 g/mol. The fourth-order valence-corrected chi connectivity index (χ4v) is 1.72. The van der Waals surface area contributed by atoms with E-state index in [2.05, 4.69) is 4.98 Å². The van der Waals surface area contributed by atoms with Crippen molar-refractivity contribution < 1.29 is 17.9 Å². The Hall–Kier alpha value is -2.31. The number of nitrogens with zero attached hydrogens (tertiary/aromatic N) is 1. The molecule has 0 bridgehead atoms. The SMILES string of the molecule is CC(C)Oc1ccc(-c2cc(=O)[nH]c(C(F)(F)F)n2)cc1. The fourth-order valence-electron chi connectivity index (χ4n) is 1.72. The second-order valence-electron chi connectivity index (χ2n) is 4.67. The van der Waals surface area contributed by atoms with Crippen molar-refractivity contribution in [2.75, 3.05) is 0 Å². The zero-order valence-electron chi connectivity index (χ0n) is 11.4. The summed E-state index contributed by atoms with van der Waals surface area (Å²) in [7, 11) is 0. The molecular formula is C14H13F3N2O2. The molecule has 1 aromatic heterocycles. The molecule has 21 heavy (non-hydrogen) atoms. The van der Waals surface area contributed by atoms with Crippen molar-refractivity contribution in [3.05, 3.63) is 46.5 Å². The molecule has 4 nitrogen and oxygen atoms in total. The van der Waals surface area contributed by atoms with E-state index in [1.165, 1.54) is 0 Å².